The van der Waals surface area contributed by atoms with Crippen molar-refractivity contribution in [3.05, 3.63) is 24.3 Å². The molecule has 94 valence electrons. The molecule has 0 radical (unpaired) electrons. The molecule has 0 fully saturated rings. The van der Waals surface area contributed by atoms with Gasteiger partial charge in [-0.25, -0.2) is 4.79 Å². The van der Waals surface area contributed by atoms with Crippen LogP contribution in [-0.4, -0.2) is 19.2 Å². The van der Waals surface area contributed by atoms with Gasteiger partial charge in [0.15, 0.2) is 0 Å². The zero-order valence-corrected chi connectivity index (χ0v) is 10.6. The Bertz CT molecular complexity index is 349. The molecule has 1 rings (SSSR count). The van der Waals surface area contributed by atoms with E-state index in [9.17, 15) is 4.79 Å². The number of anilines is 2. The van der Waals surface area contributed by atoms with Gasteiger partial charge in [-0.2, -0.15) is 0 Å². The molecule has 1 amide bonds. The molecule has 0 bridgehead atoms. The Morgan fingerprint density at radius 3 is 2.41 bits per heavy atom. The quantitative estimate of drug-likeness (QED) is 0.823. The largest absolute Gasteiger partial charge is 0.453 e. The van der Waals surface area contributed by atoms with Crippen molar-refractivity contribution in [1.82, 2.24) is 0 Å². The van der Waals surface area contributed by atoms with Gasteiger partial charge in [0.05, 0.1) is 7.11 Å². The number of rotatable bonds is 5. The summed E-state index contributed by atoms with van der Waals surface area (Å²) in [6, 6.07) is 8.03. The van der Waals surface area contributed by atoms with Gasteiger partial charge >= 0.3 is 6.09 Å². The molecule has 17 heavy (non-hydrogen) atoms. The van der Waals surface area contributed by atoms with Crippen molar-refractivity contribution in [2.24, 2.45) is 0 Å². The number of methoxy groups -OCH3 is 1. The second kappa shape index (κ2) is 6.78. The van der Waals surface area contributed by atoms with Gasteiger partial charge in [-0.05, 0) is 37.6 Å². The maximum Gasteiger partial charge on any atom is 0.411 e. The number of nitrogens with one attached hydrogen (secondary N) is 2. The van der Waals surface area contributed by atoms with Gasteiger partial charge in [0.25, 0.3) is 0 Å². The average molecular weight is 236 g/mol. The number of carbonyl (C=O) groups excluding carboxylic acids is 1. The zero-order chi connectivity index (χ0) is 12.7. The first kappa shape index (κ1) is 13.4. The van der Waals surface area contributed by atoms with Gasteiger partial charge in [0, 0.05) is 17.4 Å². The third-order valence-corrected chi connectivity index (χ3v) is 2.45. The molecule has 2 N–H and O–H groups in total. The Hall–Kier alpha value is -1.71. The first-order chi connectivity index (χ1) is 8.15. The van der Waals surface area contributed by atoms with E-state index in [2.05, 4.69) is 29.2 Å². The van der Waals surface area contributed by atoms with E-state index < -0.39 is 6.09 Å². The lowest BCUT2D eigenvalue weighted by molar-refractivity contribution is 0.187. The van der Waals surface area contributed by atoms with Crippen molar-refractivity contribution in [3.8, 4) is 0 Å². The van der Waals surface area contributed by atoms with Crippen LogP contribution >= 0.6 is 0 Å². The lowest BCUT2D eigenvalue weighted by Gasteiger charge is -2.14. The van der Waals surface area contributed by atoms with Gasteiger partial charge in [0.2, 0.25) is 0 Å². The van der Waals surface area contributed by atoms with Crippen LogP contribution in [0.4, 0.5) is 16.2 Å². The predicted octanol–water partition coefficient (Wildman–Crippen LogP) is 3.47. The summed E-state index contributed by atoms with van der Waals surface area (Å²) in [4.78, 5) is 11.0. The number of hydrogen-bond acceptors (Lipinski definition) is 3. The predicted molar refractivity (Wildman–Crippen MR) is 70.5 cm³/mol. The monoisotopic (exact) mass is 236 g/mol. The summed E-state index contributed by atoms with van der Waals surface area (Å²) >= 11 is 0. The van der Waals surface area contributed by atoms with Crippen LogP contribution in [0.3, 0.4) is 0 Å². The Morgan fingerprint density at radius 1 is 1.29 bits per heavy atom. The van der Waals surface area contributed by atoms with Crippen LogP contribution in [0.25, 0.3) is 0 Å². The molecule has 0 heterocycles. The fourth-order valence-corrected chi connectivity index (χ4v) is 1.61. The Kier molecular flexibility index (Phi) is 5.33. The maximum absolute atomic E-state index is 11.0. The SMILES string of the molecule is CCCC(C)Nc1ccc(NC(=O)OC)cc1. The molecule has 0 aliphatic carbocycles. The summed E-state index contributed by atoms with van der Waals surface area (Å²) in [6.45, 7) is 4.33. The highest BCUT2D eigenvalue weighted by Gasteiger charge is 2.02. The van der Waals surface area contributed by atoms with Crippen molar-refractivity contribution in [3.63, 3.8) is 0 Å². The molecule has 0 spiro atoms. The minimum atomic E-state index is -0.454. The van der Waals surface area contributed by atoms with E-state index in [4.69, 9.17) is 0 Å². The molecule has 0 saturated heterocycles. The zero-order valence-electron chi connectivity index (χ0n) is 10.6. The number of carbonyl (C=O) groups is 1. The Balaban J connectivity index is 2.52. The molecule has 4 heteroatoms. The third kappa shape index (κ3) is 4.76. The van der Waals surface area contributed by atoms with Crippen molar-refractivity contribution in [2.75, 3.05) is 17.7 Å². The summed E-state index contributed by atoms with van der Waals surface area (Å²) < 4.78 is 4.52. The number of hydrogen-bond donors (Lipinski definition) is 2. The minimum Gasteiger partial charge on any atom is -0.453 e. The standard InChI is InChI=1S/C13H20N2O2/c1-4-5-10(2)14-11-6-8-12(9-7-11)15-13(16)17-3/h6-10,14H,4-5H2,1-3H3,(H,15,16). The van der Waals surface area contributed by atoms with Crippen LogP contribution in [-0.2, 0) is 4.74 Å². The van der Waals surface area contributed by atoms with Crippen LogP contribution in [0, 0.1) is 0 Å². The number of benzene rings is 1. The molecule has 0 aromatic heterocycles. The molecule has 1 unspecified atom stereocenters. The molecular formula is C13H20N2O2. The smallest absolute Gasteiger partial charge is 0.411 e. The van der Waals surface area contributed by atoms with E-state index in [1.54, 1.807) is 0 Å². The fourth-order valence-electron chi connectivity index (χ4n) is 1.61. The molecule has 0 saturated carbocycles. The van der Waals surface area contributed by atoms with Crippen LogP contribution < -0.4 is 10.6 Å². The summed E-state index contributed by atoms with van der Waals surface area (Å²) in [6.07, 6.45) is 1.85. The second-order valence-corrected chi connectivity index (χ2v) is 4.03. The molecule has 0 aliphatic heterocycles. The summed E-state index contributed by atoms with van der Waals surface area (Å²) in [5.41, 5.74) is 1.78. The molecule has 1 aromatic rings. The van der Waals surface area contributed by atoms with E-state index in [0.717, 1.165) is 24.2 Å². The Morgan fingerprint density at radius 2 is 1.88 bits per heavy atom. The normalized spacial score (nSPS) is 11.7. The summed E-state index contributed by atoms with van der Waals surface area (Å²) in [5.74, 6) is 0. The highest BCUT2D eigenvalue weighted by atomic mass is 16.5. The van der Waals surface area contributed by atoms with Crippen LogP contribution in [0.1, 0.15) is 26.7 Å². The van der Waals surface area contributed by atoms with Crippen molar-refractivity contribution < 1.29 is 9.53 Å². The molecule has 1 aromatic carbocycles. The van der Waals surface area contributed by atoms with Crippen molar-refractivity contribution >= 4 is 17.5 Å². The minimum absolute atomic E-state index is 0.454. The van der Waals surface area contributed by atoms with Crippen LogP contribution in [0.5, 0.6) is 0 Å². The first-order valence-electron chi connectivity index (χ1n) is 5.87. The molecule has 4 nitrogen and oxygen atoms in total. The van der Waals surface area contributed by atoms with Gasteiger partial charge < -0.3 is 10.1 Å². The number of amides is 1. The topological polar surface area (TPSA) is 50.4 Å². The number of ether oxygens (including phenoxy) is 1. The summed E-state index contributed by atoms with van der Waals surface area (Å²) in [5, 5.41) is 6.00. The van der Waals surface area contributed by atoms with E-state index in [1.165, 1.54) is 7.11 Å². The van der Waals surface area contributed by atoms with Gasteiger partial charge in [-0.1, -0.05) is 13.3 Å². The highest BCUT2D eigenvalue weighted by molar-refractivity contribution is 5.84. The van der Waals surface area contributed by atoms with Crippen LogP contribution in [0.15, 0.2) is 24.3 Å². The van der Waals surface area contributed by atoms with Crippen LogP contribution in [0.2, 0.25) is 0 Å². The van der Waals surface area contributed by atoms with E-state index in [1.807, 2.05) is 24.3 Å². The van der Waals surface area contributed by atoms with Gasteiger partial charge in [-0.3, -0.25) is 5.32 Å². The molecule has 0 aliphatic rings. The second-order valence-electron chi connectivity index (χ2n) is 4.03. The fraction of sp³-hybridized carbons (Fsp3) is 0.462. The first-order valence-corrected chi connectivity index (χ1v) is 5.87. The maximum atomic E-state index is 11.0. The highest BCUT2D eigenvalue weighted by Crippen LogP contribution is 2.15. The van der Waals surface area contributed by atoms with E-state index in [-0.39, 0.29) is 0 Å². The van der Waals surface area contributed by atoms with Gasteiger partial charge in [0.1, 0.15) is 0 Å². The lowest BCUT2D eigenvalue weighted by atomic mass is 10.2. The average Bonchev–Trinajstić information content (AvgIpc) is 2.32. The van der Waals surface area contributed by atoms with Gasteiger partial charge in [-0.15, -0.1) is 0 Å². The van der Waals surface area contributed by atoms with Crippen molar-refractivity contribution in [2.45, 2.75) is 32.7 Å². The Labute approximate surface area is 102 Å². The molecule has 1 atom stereocenters. The lowest BCUT2D eigenvalue weighted by Crippen LogP contribution is -2.14. The molecular weight excluding hydrogens is 216 g/mol. The van der Waals surface area contributed by atoms with E-state index >= 15 is 0 Å². The van der Waals surface area contributed by atoms with Crippen molar-refractivity contribution in [1.29, 1.82) is 0 Å². The summed E-state index contributed by atoms with van der Waals surface area (Å²) in [7, 11) is 1.34. The van der Waals surface area contributed by atoms with E-state index in [0.29, 0.717) is 6.04 Å². The third-order valence-electron chi connectivity index (χ3n) is 2.45.